The quantitative estimate of drug-likeness (QED) is 0.601. The monoisotopic (exact) mass is 416 g/mol. The fraction of sp³-hybridized carbons (Fsp3) is 0.652. The van der Waals surface area contributed by atoms with Gasteiger partial charge in [-0.25, -0.2) is 4.79 Å². The van der Waals surface area contributed by atoms with Crippen LogP contribution in [-0.4, -0.2) is 37.1 Å². The first-order valence-corrected chi connectivity index (χ1v) is 13.3. The van der Waals surface area contributed by atoms with Gasteiger partial charge in [0, 0.05) is 0 Å². The van der Waals surface area contributed by atoms with E-state index in [2.05, 4.69) is 60.7 Å². The summed E-state index contributed by atoms with van der Waals surface area (Å²) in [6.45, 7) is 17.7. The van der Waals surface area contributed by atoms with Gasteiger partial charge in [0.1, 0.15) is 0 Å². The number of nitrogens with zero attached hydrogens (tertiary/aromatic N) is 2. The SMILES string of the molecule is CC(C)(C)[C@@H](CN(C(=O)O)C1CCc2c(C#N)cccc21)O[Si](C)(C)C(C)(C)C. The van der Waals surface area contributed by atoms with Crippen LogP contribution in [0.4, 0.5) is 4.79 Å². The summed E-state index contributed by atoms with van der Waals surface area (Å²) in [5.74, 6) is 0. The summed E-state index contributed by atoms with van der Waals surface area (Å²) in [6, 6.07) is 7.63. The number of amides is 1. The largest absolute Gasteiger partial charge is 0.465 e. The lowest BCUT2D eigenvalue weighted by Gasteiger charge is -2.45. The molecule has 0 heterocycles. The molecule has 1 amide bonds. The molecule has 2 atom stereocenters. The van der Waals surface area contributed by atoms with Gasteiger partial charge in [0.15, 0.2) is 8.32 Å². The van der Waals surface area contributed by atoms with Crippen LogP contribution < -0.4 is 0 Å². The van der Waals surface area contributed by atoms with Gasteiger partial charge in [0.2, 0.25) is 0 Å². The zero-order valence-electron chi connectivity index (χ0n) is 19.2. The maximum atomic E-state index is 12.3. The van der Waals surface area contributed by atoms with Crippen LogP contribution in [0.5, 0.6) is 0 Å². The highest BCUT2D eigenvalue weighted by Gasteiger charge is 2.43. The molecular formula is C23H36N2O3Si. The van der Waals surface area contributed by atoms with E-state index >= 15 is 0 Å². The molecular weight excluding hydrogens is 380 g/mol. The first-order chi connectivity index (χ1) is 13.2. The lowest BCUT2D eigenvalue weighted by Crippen LogP contribution is -2.52. The molecule has 1 unspecified atom stereocenters. The van der Waals surface area contributed by atoms with E-state index < -0.39 is 14.4 Å². The summed E-state index contributed by atoms with van der Waals surface area (Å²) in [7, 11) is -2.07. The van der Waals surface area contributed by atoms with E-state index in [1.54, 1.807) is 0 Å². The van der Waals surface area contributed by atoms with Crippen molar-refractivity contribution >= 4 is 14.4 Å². The molecule has 0 saturated heterocycles. The molecule has 5 nitrogen and oxygen atoms in total. The number of hydrogen-bond donors (Lipinski definition) is 1. The summed E-state index contributed by atoms with van der Waals surface area (Å²) < 4.78 is 6.72. The molecule has 29 heavy (non-hydrogen) atoms. The summed E-state index contributed by atoms with van der Waals surface area (Å²) >= 11 is 0. The number of carboxylic acid groups (broad SMARTS) is 1. The van der Waals surface area contributed by atoms with Crippen LogP contribution in [-0.2, 0) is 10.8 Å². The van der Waals surface area contributed by atoms with Crippen LogP contribution in [0.3, 0.4) is 0 Å². The molecule has 0 saturated carbocycles. The van der Waals surface area contributed by atoms with Crippen molar-refractivity contribution in [1.29, 1.82) is 5.26 Å². The van der Waals surface area contributed by atoms with Crippen molar-refractivity contribution in [2.75, 3.05) is 6.54 Å². The van der Waals surface area contributed by atoms with Gasteiger partial charge >= 0.3 is 6.09 Å². The zero-order chi connectivity index (χ0) is 22.2. The average Bonchev–Trinajstić information content (AvgIpc) is 2.99. The van der Waals surface area contributed by atoms with Gasteiger partial charge in [-0.1, -0.05) is 53.7 Å². The van der Waals surface area contributed by atoms with Crippen molar-refractivity contribution < 1.29 is 14.3 Å². The Labute approximate surface area is 176 Å². The van der Waals surface area contributed by atoms with Gasteiger partial charge in [-0.2, -0.15) is 5.26 Å². The Morgan fingerprint density at radius 2 is 1.93 bits per heavy atom. The van der Waals surface area contributed by atoms with Crippen molar-refractivity contribution in [3.05, 3.63) is 34.9 Å². The Hall–Kier alpha value is -1.84. The molecule has 0 radical (unpaired) electrons. The lowest BCUT2D eigenvalue weighted by atomic mass is 9.88. The number of rotatable bonds is 5. The second-order valence-electron chi connectivity index (χ2n) is 10.7. The van der Waals surface area contributed by atoms with Crippen LogP contribution in [0, 0.1) is 16.7 Å². The normalized spacial score (nSPS) is 18.1. The third kappa shape index (κ3) is 5.02. The molecule has 1 aliphatic rings. The van der Waals surface area contributed by atoms with Crippen molar-refractivity contribution in [2.24, 2.45) is 5.41 Å². The van der Waals surface area contributed by atoms with Crippen LogP contribution in [0.2, 0.25) is 18.1 Å². The van der Waals surface area contributed by atoms with E-state index in [0.29, 0.717) is 18.5 Å². The van der Waals surface area contributed by atoms with Crippen LogP contribution in [0.25, 0.3) is 0 Å². The van der Waals surface area contributed by atoms with E-state index in [1.165, 1.54) is 4.90 Å². The first kappa shape index (κ1) is 23.4. The van der Waals surface area contributed by atoms with Gasteiger partial charge in [0.05, 0.1) is 30.3 Å². The molecule has 6 heteroatoms. The smallest absolute Gasteiger partial charge is 0.407 e. The highest BCUT2D eigenvalue weighted by molar-refractivity contribution is 6.74. The van der Waals surface area contributed by atoms with Crippen molar-refractivity contribution in [3.8, 4) is 6.07 Å². The minimum atomic E-state index is -2.07. The number of benzene rings is 1. The number of hydrogen-bond acceptors (Lipinski definition) is 3. The Balaban J connectivity index is 2.37. The Morgan fingerprint density at radius 1 is 1.31 bits per heavy atom. The lowest BCUT2D eigenvalue weighted by molar-refractivity contribution is 0.0263. The van der Waals surface area contributed by atoms with Crippen LogP contribution in [0.1, 0.15) is 70.7 Å². The van der Waals surface area contributed by atoms with E-state index in [1.807, 2.05) is 18.2 Å². The Morgan fingerprint density at radius 3 is 2.41 bits per heavy atom. The predicted molar refractivity (Wildman–Crippen MR) is 118 cm³/mol. The molecule has 160 valence electrons. The molecule has 0 spiro atoms. The van der Waals surface area contributed by atoms with Gasteiger partial charge in [0.25, 0.3) is 0 Å². The summed E-state index contributed by atoms with van der Waals surface area (Å²) in [4.78, 5) is 13.8. The molecule has 0 bridgehead atoms. The molecule has 1 aromatic rings. The van der Waals surface area contributed by atoms with E-state index in [9.17, 15) is 15.2 Å². The molecule has 2 rings (SSSR count). The maximum absolute atomic E-state index is 12.3. The second kappa shape index (κ2) is 8.12. The van der Waals surface area contributed by atoms with Crippen molar-refractivity contribution in [1.82, 2.24) is 4.90 Å². The molecule has 1 aromatic carbocycles. The minimum Gasteiger partial charge on any atom is -0.465 e. The molecule has 1 N–H and O–H groups in total. The summed E-state index contributed by atoms with van der Waals surface area (Å²) in [5.41, 5.74) is 2.41. The van der Waals surface area contributed by atoms with Gasteiger partial charge in [-0.3, -0.25) is 4.90 Å². The maximum Gasteiger partial charge on any atom is 0.407 e. The van der Waals surface area contributed by atoms with Gasteiger partial charge in [-0.05, 0) is 53.6 Å². The number of fused-ring (bicyclic) bond motifs is 1. The van der Waals surface area contributed by atoms with Crippen molar-refractivity contribution in [2.45, 2.75) is 84.7 Å². The fourth-order valence-electron chi connectivity index (χ4n) is 3.60. The highest BCUT2D eigenvalue weighted by Crippen LogP contribution is 2.42. The van der Waals surface area contributed by atoms with E-state index in [-0.39, 0.29) is 22.6 Å². The molecule has 0 aliphatic heterocycles. The molecule has 0 aromatic heterocycles. The fourth-order valence-corrected chi connectivity index (χ4v) is 5.09. The highest BCUT2D eigenvalue weighted by atomic mass is 28.4. The number of carbonyl (C=O) groups is 1. The predicted octanol–water partition coefficient (Wildman–Crippen LogP) is 5.96. The van der Waals surface area contributed by atoms with Crippen LogP contribution in [0.15, 0.2) is 18.2 Å². The molecule has 0 fully saturated rings. The third-order valence-corrected chi connectivity index (χ3v) is 11.0. The standard InChI is InChI=1S/C23H36N2O3Si/c1-22(2,3)20(28-29(7,8)23(4,5)6)15-25(21(26)27)19-13-12-17-16(14-24)10-9-11-18(17)19/h9-11,19-20H,12-13,15H2,1-8H3,(H,26,27)/t19?,20-/m1/s1. The Bertz CT molecular complexity index is 800. The average molecular weight is 417 g/mol. The van der Waals surface area contributed by atoms with Crippen molar-refractivity contribution in [3.63, 3.8) is 0 Å². The van der Waals surface area contributed by atoms with E-state index in [4.69, 9.17) is 4.43 Å². The number of nitriles is 1. The topological polar surface area (TPSA) is 73.6 Å². The summed E-state index contributed by atoms with van der Waals surface area (Å²) in [6.07, 6.45) is 0.301. The van der Waals surface area contributed by atoms with E-state index in [0.717, 1.165) is 17.5 Å². The minimum absolute atomic E-state index is 0.0478. The zero-order valence-corrected chi connectivity index (χ0v) is 20.2. The summed E-state index contributed by atoms with van der Waals surface area (Å²) in [5, 5.41) is 19.5. The second-order valence-corrected chi connectivity index (χ2v) is 15.5. The third-order valence-electron chi connectivity index (χ3n) is 6.55. The van der Waals surface area contributed by atoms with Gasteiger partial charge < -0.3 is 9.53 Å². The Kier molecular flexibility index (Phi) is 6.56. The van der Waals surface area contributed by atoms with Crippen LogP contribution >= 0.6 is 0 Å². The first-order valence-electron chi connectivity index (χ1n) is 10.4. The molecule has 1 aliphatic carbocycles. The van der Waals surface area contributed by atoms with Gasteiger partial charge in [-0.15, -0.1) is 0 Å².